The molecule has 0 unspecified atom stereocenters. The van der Waals surface area contributed by atoms with Gasteiger partial charge in [0.05, 0.1) is 7.11 Å². The van der Waals surface area contributed by atoms with Gasteiger partial charge in [0.1, 0.15) is 18.7 Å². The molecule has 2 amide bonds. The second kappa shape index (κ2) is 12.9. The predicted octanol–water partition coefficient (Wildman–Crippen LogP) is 3.73. The molecule has 7 heteroatoms. The third-order valence-corrected chi connectivity index (χ3v) is 5.59. The second-order valence-corrected chi connectivity index (χ2v) is 8.16. The van der Waals surface area contributed by atoms with E-state index in [1.165, 1.54) is 7.11 Å². The van der Waals surface area contributed by atoms with Crippen molar-refractivity contribution in [2.45, 2.75) is 38.5 Å². The van der Waals surface area contributed by atoms with Gasteiger partial charge in [-0.05, 0) is 29.2 Å². The molecule has 0 aliphatic carbocycles. The molecule has 0 saturated carbocycles. The van der Waals surface area contributed by atoms with E-state index >= 15 is 0 Å². The molecule has 3 aromatic carbocycles. The Kier molecular flexibility index (Phi) is 9.42. The summed E-state index contributed by atoms with van der Waals surface area (Å²) in [6.45, 7) is 2.01. The van der Waals surface area contributed by atoms with Crippen molar-refractivity contribution in [2.24, 2.45) is 0 Å². The molecule has 0 heterocycles. The number of hydrogen-bond acceptors (Lipinski definition) is 5. The number of methoxy groups -OCH3 is 1. The smallest absolute Gasteiger partial charge is 0.408 e. The van der Waals surface area contributed by atoms with Crippen molar-refractivity contribution in [3.8, 4) is 0 Å². The van der Waals surface area contributed by atoms with Crippen LogP contribution >= 0.6 is 0 Å². The van der Waals surface area contributed by atoms with E-state index in [4.69, 9.17) is 9.47 Å². The van der Waals surface area contributed by atoms with Crippen LogP contribution < -0.4 is 10.6 Å². The largest absolute Gasteiger partial charge is 0.467 e. The van der Waals surface area contributed by atoms with Crippen molar-refractivity contribution in [3.05, 3.63) is 107 Å². The van der Waals surface area contributed by atoms with Crippen molar-refractivity contribution in [1.82, 2.24) is 10.6 Å². The lowest BCUT2D eigenvalue weighted by molar-refractivity contribution is -0.145. The molecule has 0 fully saturated rings. The first-order valence-electron chi connectivity index (χ1n) is 11.4. The molecule has 0 aliphatic heterocycles. The topological polar surface area (TPSA) is 93.7 Å². The van der Waals surface area contributed by atoms with Gasteiger partial charge in [0.2, 0.25) is 5.91 Å². The fourth-order valence-electron chi connectivity index (χ4n) is 3.63. The van der Waals surface area contributed by atoms with E-state index in [0.29, 0.717) is 0 Å². The van der Waals surface area contributed by atoms with Crippen LogP contribution in [0.25, 0.3) is 0 Å². The van der Waals surface area contributed by atoms with Crippen molar-refractivity contribution in [2.75, 3.05) is 7.11 Å². The lowest BCUT2D eigenvalue weighted by Gasteiger charge is -2.23. The quantitative estimate of drug-likeness (QED) is 0.437. The van der Waals surface area contributed by atoms with Crippen LogP contribution in [0, 0.1) is 6.92 Å². The minimum absolute atomic E-state index is 0.0738. The number of carbonyl (C=O) groups is 3. The summed E-state index contributed by atoms with van der Waals surface area (Å²) in [6, 6.07) is 24.3. The van der Waals surface area contributed by atoms with E-state index in [-0.39, 0.29) is 19.4 Å². The fourth-order valence-corrected chi connectivity index (χ4v) is 3.63. The summed E-state index contributed by atoms with van der Waals surface area (Å²) in [5.41, 5.74) is 3.59. The number of nitrogens with one attached hydrogen (secondary N) is 2. The summed E-state index contributed by atoms with van der Waals surface area (Å²) >= 11 is 0. The maximum atomic E-state index is 13.3. The normalized spacial score (nSPS) is 12.2. The van der Waals surface area contributed by atoms with Gasteiger partial charge in [0.15, 0.2) is 0 Å². The number of ether oxygens (including phenoxy) is 2. The minimum Gasteiger partial charge on any atom is -0.467 e. The SMILES string of the molecule is COC(=O)[C@@H](Cc1ccccc1C)NC(=O)[C@H](Cc1ccccc1)NC(=O)OCc1ccccc1. The van der Waals surface area contributed by atoms with E-state index in [9.17, 15) is 14.4 Å². The van der Waals surface area contributed by atoms with Crippen LogP contribution in [0.15, 0.2) is 84.9 Å². The van der Waals surface area contributed by atoms with Crippen LogP contribution in [0.5, 0.6) is 0 Å². The molecule has 2 N–H and O–H groups in total. The van der Waals surface area contributed by atoms with Gasteiger partial charge in [0.25, 0.3) is 0 Å². The van der Waals surface area contributed by atoms with E-state index in [1.807, 2.05) is 91.9 Å². The van der Waals surface area contributed by atoms with Crippen LogP contribution in [0.2, 0.25) is 0 Å². The molecule has 7 nitrogen and oxygen atoms in total. The molecule has 3 rings (SSSR count). The van der Waals surface area contributed by atoms with Gasteiger partial charge in [-0.2, -0.15) is 0 Å². The van der Waals surface area contributed by atoms with Gasteiger partial charge < -0.3 is 20.1 Å². The molecule has 2 atom stereocenters. The van der Waals surface area contributed by atoms with Crippen LogP contribution in [-0.4, -0.2) is 37.2 Å². The highest BCUT2D eigenvalue weighted by Crippen LogP contribution is 2.12. The molecule has 0 bridgehead atoms. The highest BCUT2D eigenvalue weighted by Gasteiger charge is 2.28. The summed E-state index contributed by atoms with van der Waals surface area (Å²) in [6.07, 6.45) is -0.231. The van der Waals surface area contributed by atoms with Crippen LogP contribution in [0.4, 0.5) is 4.79 Å². The monoisotopic (exact) mass is 474 g/mol. The lowest BCUT2D eigenvalue weighted by Crippen LogP contribution is -2.53. The molecule has 0 radical (unpaired) electrons. The molecular formula is C28H30N2O5. The number of alkyl carbamates (subject to hydrolysis) is 1. The Morgan fingerprint density at radius 3 is 1.97 bits per heavy atom. The average Bonchev–Trinajstić information content (AvgIpc) is 2.88. The summed E-state index contributed by atoms with van der Waals surface area (Å²) in [5, 5.41) is 5.41. The van der Waals surface area contributed by atoms with Crippen molar-refractivity contribution in [1.29, 1.82) is 0 Å². The first-order chi connectivity index (χ1) is 17.0. The Balaban J connectivity index is 1.72. The van der Waals surface area contributed by atoms with Crippen molar-refractivity contribution >= 4 is 18.0 Å². The van der Waals surface area contributed by atoms with Gasteiger partial charge in [-0.1, -0.05) is 84.9 Å². The molecule has 0 aliphatic rings. The van der Waals surface area contributed by atoms with Crippen LogP contribution in [0.3, 0.4) is 0 Å². The van der Waals surface area contributed by atoms with Crippen LogP contribution in [-0.2, 0) is 38.5 Å². The van der Waals surface area contributed by atoms with Crippen LogP contribution in [0.1, 0.15) is 22.3 Å². The van der Waals surface area contributed by atoms with Gasteiger partial charge >= 0.3 is 12.1 Å². The van der Waals surface area contributed by atoms with Gasteiger partial charge in [-0.3, -0.25) is 4.79 Å². The van der Waals surface area contributed by atoms with Crippen molar-refractivity contribution in [3.63, 3.8) is 0 Å². The Labute approximate surface area is 205 Å². The summed E-state index contributed by atoms with van der Waals surface area (Å²) in [4.78, 5) is 38.3. The van der Waals surface area contributed by atoms with Crippen molar-refractivity contribution < 1.29 is 23.9 Å². The van der Waals surface area contributed by atoms with E-state index in [2.05, 4.69) is 10.6 Å². The zero-order valence-corrected chi connectivity index (χ0v) is 19.9. The average molecular weight is 475 g/mol. The summed E-state index contributed by atoms with van der Waals surface area (Å²) < 4.78 is 10.2. The first-order valence-corrected chi connectivity index (χ1v) is 11.4. The lowest BCUT2D eigenvalue weighted by atomic mass is 10.00. The minimum atomic E-state index is -0.954. The molecular weight excluding hydrogens is 444 g/mol. The summed E-state index contributed by atoms with van der Waals surface area (Å²) in [7, 11) is 1.28. The number of benzene rings is 3. The second-order valence-electron chi connectivity index (χ2n) is 8.16. The molecule has 3 aromatic rings. The Bertz CT molecular complexity index is 1120. The Morgan fingerprint density at radius 2 is 1.34 bits per heavy atom. The fraction of sp³-hybridized carbons (Fsp3) is 0.250. The number of rotatable bonds is 10. The molecule has 182 valence electrons. The number of carbonyl (C=O) groups excluding carboxylic acids is 3. The number of hydrogen-bond donors (Lipinski definition) is 2. The standard InChI is InChI=1S/C28H30N2O5/c1-20-11-9-10-16-23(20)18-25(27(32)34-2)29-26(31)24(17-21-12-5-3-6-13-21)30-28(33)35-19-22-14-7-4-8-15-22/h3-16,24-25H,17-19H2,1-2H3,(H,29,31)(H,30,33)/t24-,25+/m0/s1. The third-order valence-electron chi connectivity index (χ3n) is 5.59. The number of aryl methyl sites for hydroxylation is 1. The highest BCUT2D eigenvalue weighted by molar-refractivity contribution is 5.90. The first kappa shape index (κ1) is 25.5. The van der Waals surface area contributed by atoms with Gasteiger partial charge in [0, 0.05) is 12.8 Å². The summed E-state index contributed by atoms with van der Waals surface area (Å²) in [5.74, 6) is -1.07. The zero-order chi connectivity index (χ0) is 25.0. The molecule has 0 saturated heterocycles. The molecule has 35 heavy (non-hydrogen) atoms. The zero-order valence-electron chi connectivity index (χ0n) is 19.9. The van der Waals surface area contributed by atoms with Gasteiger partial charge in [-0.25, -0.2) is 9.59 Å². The number of esters is 1. The maximum Gasteiger partial charge on any atom is 0.408 e. The van der Waals surface area contributed by atoms with Gasteiger partial charge in [-0.15, -0.1) is 0 Å². The third kappa shape index (κ3) is 7.99. The van der Waals surface area contributed by atoms with E-state index in [1.54, 1.807) is 0 Å². The number of amides is 2. The Morgan fingerprint density at radius 1 is 0.743 bits per heavy atom. The molecule has 0 aromatic heterocycles. The van der Waals surface area contributed by atoms with E-state index in [0.717, 1.165) is 22.3 Å². The predicted molar refractivity (Wildman–Crippen MR) is 133 cm³/mol. The molecule has 0 spiro atoms. The maximum absolute atomic E-state index is 13.3. The Hall–Kier alpha value is -4.13. The van der Waals surface area contributed by atoms with E-state index < -0.39 is 30.1 Å². The highest BCUT2D eigenvalue weighted by atomic mass is 16.5.